The Bertz CT molecular complexity index is 4690. The van der Waals surface area contributed by atoms with Crippen LogP contribution in [0, 0.1) is 71.0 Å². The summed E-state index contributed by atoms with van der Waals surface area (Å²) in [5, 5.41) is 248. The Morgan fingerprint density at radius 2 is 0.326 bits per heavy atom. The van der Waals surface area contributed by atoms with Gasteiger partial charge in [0.2, 0.25) is 0 Å². The van der Waals surface area contributed by atoms with Crippen LogP contribution in [-0.2, 0) is 56.8 Å². The molecule has 0 saturated carbocycles. The molecule has 48 heteroatoms. The molecule has 45 nitrogen and oxygen atoms in total. The highest BCUT2D eigenvalue weighted by molar-refractivity contribution is 7.79. The summed E-state index contributed by atoms with van der Waals surface area (Å²) in [6.45, 7) is -6.94. The molecule has 0 bridgehead atoms. The Morgan fingerprint density at radius 3 is 0.449 bits per heavy atom. The van der Waals surface area contributed by atoms with Gasteiger partial charge in [-0.25, -0.2) is 0 Å². The van der Waals surface area contributed by atoms with Gasteiger partial charge in [-0.3, -0.25) is 0 Å². The summed E-state index contributed by atoms with van der Waals surface area (Å²) in [5.41, 5.74) is 1.78. The molecule has 0 amide bonds. The first-order valence-electron chi connectivity index (χ1n) is 42.5. The largest absolute Gasteiger partial charge is 0.460 e. The van der Waals surface area contributed by atoms with Crippen LogP contribution >= 0.6 is 23.0 Å². The van der Waals surface area contributed by atoms with Gasteiger partial charge in [-0.15, -0.1) is 0 Å². The normalized spacial score (nSPS) is 32.7. The third kappa shape index (κ3) is 26.9. The average Bonchev–Trinajstić information content (AvgIpc) is 0.726. The van der Waals surface area contributed by atoms with Crippen LogP contribution in [0.4, 0.5) is 0 Å². The van der Waals surface area contributed by atoms with Crippen LogP contribution in [0.15, 0.2) is 159 Å². The molecule has 30 atom stereocenters. The van der Waals surface area contributed by atoms with Crippen molar-refractivity contribution in [3.63, 3.8) is 0 Å². The van der Waals surface area contributed by atoms with Crippen molar-refractivity contribution in [2.75, 3.05) is 79.3 Å². The fourth-order valence-corrected chi connectivity index (χ4v) is 23.0. The Hall–Kier alpha value is -9.27. The molecule has 6 saturated heterocycles. The molecule has 744 valence electrons. The summed E-state index contributed by atoms with van der Waals surface area (Å²) in [6.07, 6.45) is -47.9. The highest BCUT2D eigenvalue weighted by Crippen LogP contribution is 2.79. The predicted molar refractivity (Wildman–Crippen MR) is 470 cm³/mol. The van der Waals surface area contributed by atoms with Crippen LogP contribution in [0.2, 0.25) is 0 Å². The van der Waals surface area contributed by atoms with Gasteiger partial charge in [-0.05, 0) is 146 Å². The number of hydrogen-bond acceptors (Lipinski definition) is 45. The second-order valence-corrected chi connectivity index (χ2v) is 37.5. The summed E-state index contributed by atoms with van der Waals surface area (Å²) >= 11 is 0. The second kappa shape index (κ2) is 49.4. The molecule has 0 radical (unpaired) electrons. The van der Waals surface area contributed by atoms with Crippen LogP contribution < -0.4 is 27.1 Å². The van der Waals surface area contributed by atoms with Gasteiger partial charge in [0.15, 0.2) is 37.7 Å². The fourth-order valence-electron chi connectivity index (χ4n) is 14.0. The van der Waals surface area contributed by atoms with Crippen molar-refractivity contribution in [3.8, 4) is 106 Å². The number of rotatable bonds is 30. The van der Waals surface area contributed by atoms with E-state index in [1.165, 1.54) is 146 Å². The smallest absolute Gasteiger partial charge is 0.413 e. The van der Waals surface area contributed by atoms with E-state index in [1.807, 2.05) is 0 Å². The van der Waals surface area contributed by atoms with Gasteiger partial charge < -0.3 is 207 Å². The number of aliphatic hydroxyl groups is 24. The monoisotopic (exact) mass is 1990 g/mol. The SMILES string of the molecule is OC[C@H]1O[C@H](OCC#Cc2ccc(OP3(Oc4ccc(C#CCO[C@H]5O[C@H](CO)[C@@H](O)[C@H](O)[C@@H]5O)cc4)=NP(Oc4ccc(C#CCO[C@H]5O[C@H](CO)[C@@H](O)[C@H](O)[C@@H]5O)cc4)(Oc4ccc(C#CCO[C@H]5O[C@H](CO)[C@@H](O)[C@H](O)[C@@H]5O)cc4)=NP(Oc4ccc(C#CCO[C@H]5O[C@H](CO)[C@@H](O)[C@H](O)[C@@H]5O)cc4)(Oc4ccc(C#CCO[C@H]5O[C@H](CO)[C@@H](O)[C@H](O)[C@@H]5O)cc4)=N3)cc2)[C@@H](O)[C@@H](O)[C@@H]1O. The fraction of sp³-hybridized carbons (Fsp3) is 0.467. The van der Waals surface area contributed by atoms with E-state index in [-0.39, 0.29) is 34.5 Å². The van der Waals surface area contributed by atoms with E-state index in [0.717, 1.165) is 0 Å². The van der Waals surface area contributed by atoms with E-state index < -0.39 is 286 Å². The number of hydrogen-bond donors (Lipinski definition) is 24. The molecule has 0 aromatic heterocycles. The topological polar surface area (TPSA) is 689 Å². The van der Waals surface area contributed by atoms with E-state index in [4.69, 9.17) is 97.5 Å². The maximum Gasteiger partial charge on any atom is 0.460 e. The number of aliphatic hydroxyl groups excluding tert-OH is 24. The quantitative estimate of drug-likeness (QED) is 0.0149. The van der Waals surface area contributed by atoms with Crippen LogP contribution in [0.3, 0.4) is 0 Å². The number of benzene rings is 6. The van der Waals surface area contributed by atoms with Crippen molar-refractivity contribution < 1.29 is 207 Å². The lowest BCUT2D eigenvalue weighted by Crippen LogP contribution is -2.59. The van der Waals surface area contributed by atoms with Crippen LogP contribution in [0.5, 0.6) is 34.5 Å². The molecule has 0 aliphatic carbocycles. The zero-order valence-electron chi connectivity index (χ0n) is 72.4. The Labute approximate surface area is 787 Å². The van der Waals surface area contributed by atoms with Gasteiger partial charge in [0.25, 0.3) is 0 Å². The van der Waals surface area contributed by atoms with Gasteiger partial charge in [0.05, 0.1) is 39.6 Å². The highest BCUT2D eigenvalue weighted by atomic mass is 31.3. The molecule has 13 rings (SSSR count). The summed E-state index contributed by atoms with van der Waals surface area (Å²) in [6, 6.07) is 35.2. The summed E-state index contributed by atoms with van der Waals surface area (Å²) in [5.74, 6) is 33.6. The summed E-state index contributed by atoms with van der Waals surface area (Å²) < 4.78 is 126. The van der Waals surface area contributed by atoms with E-state index in [1.54, 1.807) is 0 Å². The lowest BCUT2D eigenvalue weighted by Gasteiger charge is -2.39. The van der Waals surface area contributed by atoms with Crippen LogP contribution in [0.1, 0.15) is 33.4 Å². The molecule has 6 aromatic carbocycles. The zero-order chi connectivity index (χ0) is 98.5. The van der Waals surface area contributed by atoms with Crippen LogP contribution in [0.25, 0.3) is 0 Å². The Balaban J connectivity index is 0.951. The summed E-state index contributed by atoms with van der Waals surface area (Å²) in [4.78, 5) is 0. The molecule has 24 N–H and O–H groups in total. The molecule has 7 aliphatic rings. The number of ether oxygens (including phenoxy) is 12. The van der Waals surface area contributed by atoms with E-state index in [0.29, 0.717) is 33.4 Å². The molecular formula is C90H102N3O42P3. The molecule has 6 fully saturated rings. The molecule has 7 aliphatic heterocycles. The lowest BCUT2D eigenvalue weighted by molar-refractivity contribution is -0.298. The van der Waals surface area contributed by atoms with Gasteiger partial charge in [0.1, 0.15) is 221 Å². The molecular weight excluding hydrogens is 1890 g/mol. The molecule has 0 unspecified atom stereocenters. The molecule has 7 heterocycles. The maximum absolute atomic E-state index is 10.7. The Morgan fingerprint density at radius 1 is 0.196 bits per heavy atom. The zero-order valence-corrected chi connectivity index (χ0v) is 75.1. The van der Waals surface area contributed by atoms with Crippen molar-refractivity contribution in [1.82, 2.24) is 0 Å². The minimum atomic E-state index is -4.99. The minimum absolute atomic E-state index is 0.0901. The maximum atomic E-state index is 10.7. The number of nitrogens with zero attached hydrogens (tertiary/aromatic N) is 3. The highest BCUT2D eigenvalue weighted by Gasteiger charge is 2.53. The van der Waals surface area contributed by atoms with E-state index in [9.17, 15) is 123 Å². The van der Waals surface area contributed by atoms with Gasteiger partial charge in [-0.1, -0.05) is 84.6 Å². The van der Waals surface area contributed by atoms with Crippen molar-refractivity contribution in [2.45, 2.75) is 184 Å². The first-order valence-corrected chi connectivity index (χ1v) is 47.1. The third-order valence-electron chi connectivity index (χ3n) is 21.6. The first kappa shape index (κ1) is 106. The second-order valence-electron chi connectivity index (χ2n) is 31.3. The van der Waals surface area contributed by atoms with Gasteiger partial charge in [0, 0.05) is 33.4 Å². The average molecular weight is 1990 g/mol. The third-order valence-corrected chi connectivity index (χ3v) is 29.7. The molecule has 138 heavy (non-hydrogen) atoms. The minimum Gasteiger partial charge on any atom is -0.413 e. The van der Waals surface area contributed by atoms with Crippen molar-refractivity contribution in [3.05, 3.63) is 179 Å². The predicted octanol–water partition coefficient (Wildman–Crippen LogP) is -4.68. The van der Waals surface area contributed by atoms with Gasteiger partial charge in [-0.2, -0.15) is 0 Å². The molecule has 6 aromatic rings. The van der Waals surface area contributed by atoms with E-state index >= 15 is 0 Å². The van der Waals surface area contributed by atoms with E-state index in [2.05, 4.69) is 71.0 Å². The first-order chi connectivity index (χ1) is 66.4. The van der Waals surface area contributed by atoms with Crippen LogP contribution in [-0.4, -0.2) is 386 Å². The molecule has 0 spiro atoms. The standard InChI is InChI=1S/C90H102N3O42P3/c94-43-61-67(100)73(106)79(112)85(124-61)118-37-1-7-49-13-25-55(26-14-49)130-136(131-56-27-15-50(16-28-56)8-2-38-119-86-80(113)74(107)68(101)62(44-95)125-86)91-137(132-57-29-17-51(18-30-57)9-3-39-120-87-81(114)75(108)69(102)63(45-96)126-87,133-58-31-19-52(20-32-58)10-4-40-121-88-82(115)76(109)70(103)64(46-97)127-88)93-138(92-136,134-59-33-21-53(22-34-59)11-5-41-122-89-83(116)77(110)71(104)65(47-98)128-89)135-60-35-23-54(24-36-60)12-6-42-123-90-84(117)78(111)72(105)66(48-99)129-90/h13-36,61-90,94-117H,37-48H2/t61-,62-,63-,64-,65-,66-,67-,68-,69-,70-,71-,72-,73+,74+,75+,76+,77+,78+,79+,80+,81+,82+,83+,84+,85+,86+,87+,88+,89+,90+/m1/s1. The summed E-state index contributed by atoms with van der Waals surface area (Å²) in [7, 11) is -15.0. The van der Waals surface area contributed by atoms with Crippen molar-refractivity contribution in [2.24, 2.45) is 13.5 Å². The lowest BCUT2D eigenvalue weighted by atomic mass is 9.99. The Kier molecular flexibility index (Phi) is 38.0. The van der Waals surface area contributed by atoms with Gasteiger partial charge >= 0.3 is 23.0 Å². The van der Waals surface area contributed by atoms with Crippen molar-refractivity contribution in [1.29, 1.82) is 0 Å². The van der Waals surface area contributed by atoms with Crippen molar-refractivity contribution >= 4 is 23.0 Å².